The first-order chi connectivity index (χ1) is 11.5. The minimum atomic E-state index is -1.01. The van der Waals surface area contributed by atoms with Crippen molar-refractivity contribution in [1.82, 2.24) is 0 Å². The van der Waals surface area contributed by atoms with Gasteiger partial charge in [0.05, 0.1) is 6.61 Å². The van der Waals surface area contributed by atoms with Gasteiger partial charge in [-0.25, -0.2) is 4.79 Å². The lowest BCUT2D eigenvalue weighted by Crippen LogP contribution is -2.27. The predicted molar refractivity (Wildman–Crippen MR) is 95.0 cm³/mol. The van der Waals surface area contributed by atoms with E-state index < -0.39 is 17.6 Å². The van der Waals surface area contributed by atoms with Gasteiger partial charge in [0.1, 0.15) is 17.4 Å². The summed E-state index contributed by atoms with van der Waals surface area (Å²) in [6.45, 7) is 9.55. The molecule has 1 aromatic carbocycles. The molecular weight excluding hydrogens is 322 g/mol. The molecule has 0 aliphatic carbocycles. The van der Waals surface area contributed by atoms with Crippen molar-refractivity contribution >= 4 is 11.9 Å². The summed E-state index contributed by atoms with van der Waals surface area (Å²) in [7, 11) is 0. The molecule has 0 fully saturated rings. The van der Waals surface area contributed by atoms with E-state index in [2.05, 4.69) is 0 Å². The fourth-order valence-corrected chi connectivity index (χ4v) is 2.19. The van der Waals surface area contributed by atoms with Crippen LogP contribution in [-0.4, -0.2) is 29.3 Å². The summed E-state index contributed by atoms with van der Waals surface area (Å²) in [6.07, 6.45) is 0.512. The van der Waals surface area contributed by atoms with Crippen LogP contribution in [0.2, 0.25) is 0 Å². The van der Waals surface area contributed by atoms with Gasteiger partial charge >= 0.3 is 11.9 Å². The highest BCUT2D eigenvalue weighted by atomic mass is 16.6. The lowest BCUT2D eigenvalue weighted by atomic mass is 9.97. The third-order valence-electron chi connectivity index (χ3n) is 3.30. The van der Waals surface area contributed by atoms with Gasteiger partial charge in [0.2, 0.25) is 0 Å². The standard InChI is InChI=1S/C19H29NO5/c1-12(2)11-24-18(23)17(20)15-10-14(21)8-6-13(15)7-9-16(22)25-19(3,4)5/h6,8,10,12,17,21H,7,9,11,20H2,1-5H3. The Kier molecular flexibility index (Phi) is 7.42. The molecule has 0 bridgehead atoms. The first kappa shape index (κ1) is 21.0. The van der Waals surface area contributed by atoms with Gasteiger partial charge in [0.15, 0.2) is 0 Å². The van der Waals surface area contributed by atoms with Crippen LogP contribution in [0.1, 0.15) is 58.2 Å². The molecule has 1 atom stereocenters. The lowest BCUT2D eigenvalue weighted by molar-refractivity contribution is -0.154. The summed E-state index contributed by atoms with van der Waals surface area (Å²) in [5.74, 6) is -0.685. The third-order valence-corrected chi connectivity index (χ3v) is 3.30. The topological polar surface area (TPSA) is 98.9 Å². The van der Waals surface area contributed by atoms with Crippen LogP contribution in [-0.2, 0) is 25.5 Å². The lowest BCUT2D eigenvalue weighted by Gasteiger charge is -2.20. The molecule has 3 N–H and O–H groups in total. The zero-order chi connectivity index (χ0) is 19.2. The number of phenolic OH excluding ortho intramolecular Hbond substituents is 1. The van der Waals surface area contributed by atoms with Gasteiger partial charge in [-0.2, -0.15) is 0 Å². The van der Waals surface area contributed by atoms with Crippen molar-refractivity contribution in [3.05, 3.63) is 29.3 Å². The molecule has 0 heterocycles. The molecule has 140 valence electrons. The molecule has 0 amide bonds. The molecule has 0 aliphatic heterocycles. The van der Waals surface area contributed by atoms with Gasteiger partial charge in [0, 0.05) is 6.42 Å². The van der Waals surface area contributed by atoms with E-state index in [1.807, 2.05) is 13.8 Å². The number of aromatic hydroxyl groups is 1. The zero-order valence-electron chi connectivity index (χ0n) is 15.7. The number of esters is 2. The number of hydrogen-bond donors (Lipinski definition) is 2. The Bertz CT molecular complexity index is 604. The van der Waals surface area contributed by atoms with Gasteiger partial charge < -0.3 is 20.3 Å². The van der Waals surface area contributed by atoms with E-state index >= 15 is 0 Å². The molecule has 0 saturated carbocycles. The van der Waals surface area contributed by atoms with Crippen LogP contribution in [0.25, 0.3) is 0 Å². The molecule has 0 aliphatic rings. The number of phenols is 1. The van der Waals surface area contributed by atoms with Gasteiger partial charge in [-0.1, -0.05) is 19.9 Å². The molecule has 25 heavy (non-hydrogen) atoms. The molecule has 6 nitrogen and oxygen atoms in total. The number of carbonyl (C=O) groups excluding carboxylic acids is 2. The van der Waals surface area contributed by atoms with Crippen LogP contribution in [0.5, 0.6) is 5.75 Å². The number of rotatable bonds is 7. The van der Waals surface area contributed by atoms with Crippen LogP contribution in [0.15, 0.2) is 18.2 Å². The van der Waals surface area contributed by atoms with Crippen molar-refractivity contribution in [2.24, 2.45) is 11.7 Å². The quantitative estimate of drug-likeness (QED) is 0.733. The Balaban J connectivity index is 2.84. The fourth-order valence-electron chi connectivity index (χ4n) is 2.19. The monoisotopic (exact) mass is 351 g/mol. The normalized spacial score (nSPS) is 12.8. The Hall–Kier alpha value is -2.08. The largest absolute Gasteiger partial charge is 0.508 e. The summed E-state index contributed by atoms with van der Waals surface area (Å²) in [5.41, 5.74) is 6.61. The summed E-state index contributed by atoms with van der Waals surface area (Å²) >= 11 is 0. The molecule has 0 aromatic heterocycles. The molecule has 0 saturated heterocycles. The molecular formula is C19H29NO5. The summed E-state index contributed by atoms with van der Waals surface area (Å²) in [6, 6.07) is 3.58. The van der Waals surface area contributed by atoms with Gasteiger partial charge in [-0.15, -0.1) is 0 Å². The number of ether oxygens (including phenoxy) is 2. The maximum absolute atomic E-state index is 12.1. The maximum Gasteiger partial charge on any atom is 0.327 e. The van der Waals surface area contributed by atoms with Crippen LogP contribution < -0.4 is 5.73 Å². The minimum absolute atomic E-state index is 0.00290. The van der Waals surface area contributed by atoms with Crippen molar-refractivity contribution in [3.63, 3.8) is 0 Å². The Morgan fingerprint density at radius 3 is 2.44 bits per heavy atom. The smallest absolute Gasteiger partial charge is 0.327 e. The van der Waals surface area contributed by atoms with E-state index in [0.29, 0.717) is 17.5 Å². The third kappa shape index (κ3) is 7.56. The van der Waals surface area contributed by atoms with E-state index in [1.54, 1.807) is 26.8 Å². The number of nitrogens with two attached hydrogens (primary N) is 1. The van der Waals surface area contributed by atoms with E-state index in [-0.39, 0.29) is 30.7 Å². The molecule has 6 heteroatoms. The Morgan fingerprint density at radius 2 is 1.88 bits per heavy atom. The zero-order valence-corrected chi connectivity index (χ0v) is 15.7. The second-order valence-electron chi connectivity index (χ2n) is 7.47. The van der Waals surface area contributed by atoms with Crippen molar-refractivity contribution in [1.29, 1.82) is 0 Å². The van der Waals surface area contributed by atoms with Crippen LogP contribution in [0.3, 0.4) is 0 Å². The fraction of sp³-hybridized carbons (Fsp3) is 0.579. The SMILES string of the molecule is CC(C)COC(=O)C(N)c1cc(O)ccc1CCC(=O)OC(C)(C)C. The maximum atomic E-state index is 12.1. The highest BCUT2D eigenvalue weighted by Gasteiger charge is 2.22. The number of aryl methyl sites for hydroxylation is 1. The number of benzene rings is 1. The van der Waals surface area contributed by atoms with Crippen LogP contribution in [0.4, 0.5) is 0 Å². The number of carbonyl (C=O) groups is 2. The van der Waals surface area contributed by atoms with E-state index in [4.69, 9.17) is 15.2 Å². The first-order valence-electron chi connectivity index (χ1n) is 8.45. The first-order valence-corrected chi connectivity index (χ1v) is 8.45. The summed E-state index contributed by atoms with van der Waals surface area (Å²) in [5, 5.41) is 9.72. The van der Waals surface area contributed by atoms with Crippen molar-refractivity contribution < 1.29 is 24.2 Å². The molecule has 0 spiro atoms. The van der Waals surface area contributed by atoms with Gasteiger partial charge in [-0.3, -0.25) is 4.79 Å². The van der Waals surface area contributed by atoms with Gasteiger partial charge in [0.25, 0.3) is 0 Å². The van der Waals surface area contributed by atoms with Crippen molar-refractivity contribution in [3.8, 4) is 5.75 Å². The van der Waals surface area contributed by atoms with Crippen molar-refractivity contribution in [2.45, 2.75) is 59.1 Å². The molecule has 1 aromatic rings. The average molecular weight is 351 g/mol. The number of hydrogen-bond acceptors (Lipinski definition) is 6. The van der Waals surface area contributed by atoms with E-state index in [9.17, 15) is 14.7 Å². The summed E-state index contributed by atoms with van der Waals surface area (Å²) in [4.78, 5) is 24.0. The molecule has 1 unspecified atom stereocenters. The van der Waals surface area contributed by atoms with E-state index in [1.165, 1.54) is 12.1 Å². The Morgan fingerprint density at radius 1 is 1.24 bits per heavy atom. The minimum Gasteiger partial charge on any atom is -0.508 e. The van der Waals surface area contributed by atoms with Crippen molar-refractivity contribution in [2.75, 3.05) is 6.61 Å². The molecule has 1 rings (SSSR count). The van der Waals surface area contributed by atoms with Crippen LogP contribution >= 0.6 is 0 Å². The van der Waals surface area contributed by atoms with Gasteiger partial charge in [-0.05, 0) is 56.4 Å². The Labute approximate surface area is 149 Å². The average Bonchev–Trinajstić information content (AvgIpc) is 2.48. The molecule has 0 radical (unpaired) electrons. The van der Waals surface area contributed by atoms with Crippen LogP contribution in [0, 0.1) is 5.92 Å². The highest BCUT2D eigenvalue weighted by Crippen LogP contribution is 2.24. The second-order valence-corrected chi connectivity index (χ2v) is 7.47. The predicted octanol–water partition coefficient (Wildman–Crippen LogP) is 2.87. The highest BCUT2D eigenvalue weighted by molar-refractivity contribution is 5.78. The summed E-state index contributed by atoms with van der Waals surface area (Å²) < 4.78 is 10.5. The van der Waals surface area contributed by atoms with E-state index in [0.717, 1.165) is 0 Å². The second kappa shape index (κ2) is 8.85.